The van der Waals surface area contributed by atoms with E-state index in [9.17, 15) is 19.5 Å². The minimum Gasteiger partial charge on any atom is -0.506 e. The first-order valence-electron chi connectivity index (χ1n) is 17.6. The Hall–Kier alpha value is -4.19. The van der Waals surface area contributed by atoms with Gasteiger partial charge in [-0.3, -0.25) is 14.9 Å². The van der Waals surface area contributed by atoms with Crippen molar-refractivity contribution < 1.29 is 19.4 Å². The van der Waals surface area contributed by atoms with E-state index in [4.69, 9.17) is 4.74 Å². The molecule has 260 valence electrons. The van der Waals surface area contributed by atoms with Crippen LogP contribution in [0.15, 0.2) is 71.5 Å². The van der Waals surface area contributed by atoms with E-state index in [1.807, 2.05) is 60.7 Å². The van der Waals surface area contributed by atoms with Crippen LogP contribution in [-0.2, 0) is 16.0 Å². The molecule has 6 rings (SSSR count). The number of aromatic nitrogens is 1. The molecule has 2 atom stereocenters. The van der Waals surface area contributed by atoms with E-state index < -0.39 is 6.09 Å². The maximum absolute atomic E-state index is 12.7. The number of carbonyl (C=O) groups is 2. The molecule has 0 spiro atoms. The lowest BCUT2D eigenvalue weighted by Crippen LogP contribution is -2.40. The number of piperidine rings is 1. The number of fused-ring (bicyclic) bond motifs is 1. The van der Waals surface area contributed by atoms with Gasteiger partial charge in [0.2, 0.25) is 5.91 Å². The number of phenolic OH excluding ortho intramolecular Hbond substituents is 1. The van der Waals surface area contributed by atoms with E-state index in [1.54, 1.807) is 6.07 Å². The zero-order valence-corrected chi connectivity index (χ0v) is 28.7. The van der Waals surface area contributed by atoms with Gasteiger partial charge in [0.05, 0.1) is 10.4 Å². The lowest BCUT2D eigenvalue weighted by Gasteiger charge is -2.31. The number of nitrogens with zero attached hydrogens (tertiary/aromatic N) is 1. The lowest BCUT2D eigenvalue weighted by atomic mass is 9.81. The summed E-state index contributed by atoms with van der Waals surface area (Å²) < 4.78 is 6.60. The van der Waals surface area contributed by atoms with Gasteiger partial charge in [0.15, 0.2) is 0 Å². The van der Waals surface area contributed by atoms with Crippen LogP contribution in [-0.4, -0.2) is 72.4 Å². The van der Waals surface area contributed by atoms with Crippen LogP contribution in [0.25, 0.3) is 21.3 Å². The number of carbonyl (C=O) groups excluding carboxylic acids is 2. The average molecular weight is 686 g/mol. The molecular formula is C38H47N5O5S. The number of anilines is 1. The number of aromatic amines is 1. The third-order valence-electron chi connectivity index (χ3n) is 9.83. The van der Waals surface area contributed by atoms with Gasteiger partial charge >= 0.3 is 11.0 Å². The van der Waals surface area contributed by atoms with Crippen LogP contribution in [0.2, 0.25) is 0 Å². The van der Waals surface area contributed by atoms with E-state index >= 15 is 0 Å². The van der Waals surface area contributed by atoms with Crippen LogP contribution in [0.5, 0.6) is 5.75 Å². The number of hydrogen-bond acceptors (Lipinski definition) is 8. The van der Waals surface area contributed by atoms with Crippen LogP contribution in [0, 0.1) is 11.8 Å². The molecule has 2 heterocycles. The molecule has 2 aliphatic rings. The fraction of sp³-hybridized carbons (Fsp3) is 0.447. The number of amides is 2. The summed E-state index contributed by atoms with van der Waals surface area (Å²) in [6, 6.07) is 21.2. The molecule has 1 saturated heterocycles. The van der Waals surface area contributed by atoms with E-state index in [1.165, 1.54) is 12.8 Å². The number of H-pyrrole nitrogens is 1. The summed E-state index contributed by atoms with van der Waals surface area (Å²) in [7, 11) is 0. The summed E-state index contributed by atoms with van der Waals surface area (Å²) in [4.78, 5) is 42.1. The monoisotopic (exact) mass is 685 g/mol. The zero-order chi connectivity index (χ0) is 34.0. The van der Waals surface area contributed by atoms with Gasteiger partial charge in [-0.1, -0.05) is 72.4 Å². The molecule has 1 saturated carbocycles. The molecule has 5 N–H and O–H groups in total. The van der Waals surface area contributed by atoms with E-state index in [0.717, 1.165) is 103 Å². The third kappa shape index (κ3) is 9.71. The second-order valence-electron chi connectivity index (χ2n) is 13.4. The summed E-state index contributed by atoms with van der Waals surface area (Å²) in [5.41, 5.74) is 4.31. The zero-order valence-electron chi connectivity index (χ0n) is 27.9. The second-order valence-corrected chi connectivity index (χ2v) is 14.3. The van der Waals surface area contributed by atoms with Gasteiger partial charge in [0, 0.05) is 38.2 Å². The number of phenols is 1. The molecule has 1 aromatic heterocycles. The largest absolute Gasteiger partial charge is 0.506 e. The van der Waals surface area contributed by atoms with E-state index in [-0.39, 0.29) is 22.6 Å². The number of nitrogens with one attached hydrogen (secondary N) is 4. The highest BCUT2D eigenvalue weighted by molar-refractivity contribution is 7.16. The Bertz CT molecular complexity index is 1750. The Labute approximate surface area is 291 Å². The first-order valence-corrected chi connectivity index (χ1v) is 18.4. The minimum absolute atomic E-state index is 0.0994. The quantitative estimate of drug-likeness (QED) is 0.107. The SMILES string of the molecule is O=C(CCN1CCC(OC(=O)Nc2ccccc2-c2ccccc2)CC1)NCC1CCCC(CNCCc2ccc(O)c3[nH]c(=O)sc23)C1. The van der Waals surface area contributed by atoms with Gasteiger partial charge < -0.3 is 30.4 Å². The fourth-order valence-electron chi connectivity index (χ4n) is 7.18. The molecule has 10 nitrogen and oxygen atoms in total. The average Bonchev–Trinajstić information content (AvgIpc) is 3.53. The highest BCUT2D eigenvalue weighted by atomic mass is 32.1. The number of rotatable bonds is 13. The maximum atomic E-state index is 12.7. The standard InChI is InChI=1S/C38H47N5O5S/c44-33-14-13-29(36-35(33)42-38(47)49-36)15-19-39-24-26-7-6-8-27(23-26)25-40-34(45)18-22-43-20-16-30(17-21-43)48-37(46)41-32-12-5-4-11-31(32)28-9-2-1-3-10-28/h1-5,9-14,26-27,30,39,44H,6-8,15-25H2,(H,40,45)(H,41,46)(H,42,47). The molecule has 0 bridgehead atoms. The highest BCUT2D eigenvalue weighted by Crippen LogP contribution is 2.30. The van der Waals surface area contributed by atoms with Crippen molar-refractivity contribution >= 4 is 39.2 Å². The highest BCUT2D eigenvalue weighted by Gasteiger charge is 2.25. The maximum Gasteiger partial charge on any atom is 0.411 e. The van der Waals surface area contributed by atoms with Crippen LogP contribution in [0.1, 0.15) is 50.5 Å². The molecular weight excluding hydrogens is 639 g/mol. The Kier molecular flexibility index (Phi) is 12.0. The van der Waals surface area contributed by atoms with Crippen molar-refractivity contribution in [1.82, 2.24) is 20.5 Å². The molecule has 3 aromatic carbocycles. The van der Waals surface area contributed by atoms with Crippen LogP contribution in [0.4, 0.5) is 10.5 Å². The summed E-state index contributed by atoms with van der Waals surface area (Å²) in [5.74, 6) is 1.29. The molecule has 2 unspecified atom stereocenters. The van der Waals surface area contributed by atoms with Crippen LogP contribution in [0.3, 0.4) is 0 Å². The predicted octanol–water partition coefficient (Wildman–Crippen LogP) is 6.12. The fourth-order valence-corrected chi connectivity index (χ4v) is 8.08. The second kappa shape index (κ2) is 17.0. The minimum atomic E-state index is -0.436. The number of aromatic hydroxyl groups is 1. The number of hydrogen-bond donors (Lipinski definition) is 5. The van der Waals surface area contributed by atoms with Gasteiger partial charge in [-0.2, -0.15) is 0 Å². The topological polar surface area (TPSA) is 136 Å². The summed E-state index contributed by atoms with van der Waals surface area (Å²) >= 11 is 1.15. The van der Waals surface area contributed by atoms with Crippen molar-refractivity contribution in [3.05, 3.63) is 82.0 Å². The van der Waals surface area contributed by atoms with Crippen LogP contribution >= 0.6 is 11.3 Å². The Morgan fingerprint density at radius 2 is 1.69 bits per heavy atom. The first kappa shape index (κ1) is 34.7. The van der Waals surface area contributed by atoms with Crippen molar-refractivity contribution in [2.24, 2.45) is 11.8 Å². The summed E-state index contributed by atoms with van der Waals surface area (Å²) in [6.07, 6.45) is 6.82. The molecule has 49 heavy (non-hydrogen) atoms. The molecule has 11 heteroatoms. The molecule has 4 aromatic rings. The number of para-hydroxylation sites is 1. The van der Waals surface area contributed by atoms with Crippen molar-refractivity contribution in [3.8, 4) is 16.9 Å². The number of ether oxygens (including phenoxy) is 1. The third-order valence-corrected chi connectivity index (χ3v) is 10.8. The lowest BCUT2D eigenvalue weighted by molar-refractivity contribution is -0.121. The normalized spacial score (nSPS) is 18.7. The Morgan fingerprint density at radius 1 is 0.939 bits per heavy atom. The first-order chi connectivity index (χ1) is 23.9. The van der Waals surface area contributed by atoms with Gasteiger partial charge in [-0.05, 0) is 86.7 Å². The van der Waals surface area contributed by atoms with Gasteiger partial charge in [-0.25, -0.2) is 4.79 Å². The number of thiazole rings is 1. The van der Waals surface area contributed by atoms with Crippen molar-refractivity contribution in [1.29, 1.82) is 0 Å². The number of benzene rings is 3. The molecule has 0 radical (unpaired) electrons. The summed E-state index contributed by atoms with van der Waals surface area (Å²) in [6.45, 7) is 4.78. The van der Waals surface area contributed by atoms with Gasteiger partial charge in [0.1, 0.15) is 17.4 Å². The van der Waals surface area contributed by atoms with Crippen LogP contribution < -0.4 is 20.8 Å². The van der Waals surface area contributed by atoms with Gasteiger partial charge in [0.25, 0.3) is 0 Å². The molecule has 2 fully saturated rings. The molecule has 1 aliphatic carbocycles. The number of likely N-dealkylation sites (tertiary alicyclic amines) is 1. The smallest absolute Gasteiger partial charge is 0.411 e. The van der Waals surface area contributed by atoms with E-state index in [2.05, 4.69) is 25.8 Å². The summed E-state index contributed by atoms with van der Waals surface area (Å²) in [5, 5.41) is 19.7. The van der Waals surface area contributed by atoms with Gasteiger partial charge in [-0.15, -0.1) is 0 Å². The van der Waals surface area contributed by atoms with Crippen molar-refractivity contribution in [2.75, 3.05) is 44.6 Å². The van der Waals surface area contributed by atoms with E-state index in [0.29, 0.717) is 30.3 Å². The van der Waals surface area contributed by atoms with Crippen molar-refractivity contribution in [2.45, 2.75) is 57.5 Å². The Morgan fingerprint density at radius 3 is 2.51 bits per heavy atom. The van der Waals surface area contributed by atoms with Crippen molar-refractivity contribution in [3.63, 3.8) is 0 Å². The molecule has 1 aliphatic heterocycles. The molecule has 2 amide bonds. The predicted molar refractivity (Wildman–Crippen MR) is 195 cm³/mol. The Balaban J connectivity index is 0.840.